The Labute approximate surface area is 66.1 Å². The Hall–Kier alpha value is -0.990. The van der Waals surface area contributed by atoms with Crippen LogP contribution in [0.2, 0.25) is 0 Å². The van der Waals surface area contributed by atoms with Crippen molar-refractivity contribution in [3.05, 3.63) is 11.6 Å². The van der Waals surface area contributed by atoms with Crippen molar-refractivity contribution in [1.29, 1.82) is 0 Å². The molecule has 11 heavy (non-hydrogen) atoms. The van der Waals surface area contributed by atoms with Crippen molar-refractivity contribution in [3.8, 4) is 0 Å². The predicted octanol–water partition coefficient (Wildman–Crippen LogP) is 1.75. The first-order valence-corrected chi connectivity index (χ1v) is 3.83. The molecule has 1 atom stereocenters. The lowest BCUT2D eigenvalue weighted by Crippen LogP contribution is -2.34. The molecular weight excluding hydrogens is 142 g/mol. The fourth-order valence-electron chi connectivity index (χ4n) is 1.27. The topological polar surface area (TPSA) is 49.3 Å². The lowest BCUT2D eigenvalue weighted by atomic mass is 9.96. The van der Waals surface area contributed by atoms with Crippen molar-refractivity contribution < 1.29 is 9.90 Å². The van der Waals surface area contributed by atoms with Gasteiger partial charge in [0.25, 0.3) is 0 Å². The highest BCUT2D eigenvalue weighted by Gasteiger charge is 2.13. The molecule has 1 aliphatic rings. The van der Waals surface area contributed by atoms with Crippen molar-refractivity contribution in [1.82, 2.24) is 5.32 Å². The maximum absolute atomic E-state index is 10.2. The lowest BCUT2D eigenvalue weighted by Gasteiger charge is -2.19. The molecule has 0 radical (unpaired) electrons. The molecule has 3 nitrogen and oxygen atoms in total. The van der Waals surface area contributed by atoms with Crippen molar-refractivity contribution >= 4 is 6.09 Å². The molecular formula is C8H13NO2. The van der Waals surface area contributed by atoms with E-state index in [-0.39, 0.29) is 6.04 Å². The van der Waals surface area contributed by atoms with E-state index in [0.29, 0.717) is 0 Å². The molecule has 0 unspecified atom stereocenters. The number of rotatable bonds is 1. The van der Waals surface area contributed by atoms with Crippen molar-refractivity contribution in [2.45, 2.75) is 32.2 Å². The number of carboxylic acid groups (broad SMARTS) is 1. The van der Waals surface area contributed by atoms with Gasteiger partial charge in [0, 0.05) is 6.04 Å². The van der Waals surface area contributed by atoms with Crippen molar-refractivity contribution in [2.75, 3.05) is 0 Å². The fourth-order valence-corrected chi connectivity index (χ4v) is 1.27. The maximum Gasteiger partial charge on any atom is 0.404 e. The van der Waals surface area contributed by atoms with Gasteiger partial charge in [0.15, 0.2) is 0 Å². The van der Waals surface area contributed by atoms with Crippen LogP contribution in [0.5, 0.6) is 0 Å². The highest BCUT2D eigenvalue weighted by Crippen LogP contribution is 2.16. The summed E-state index contributed by atoms with van der Waals surface area (Å²) in [7, 11) is 0. The molecule has 0 aromatic carbocycles. The average Bonchev–Trinajstić information content (AvgIpc) is 1.93. The molecule has 1 rings (SSSR count). The highest BCUT2D eigenvalue weighted by molar-refractivity contribution is 5.64. The first-order valence-electron chi connectivity index (χ1n) is 3.83. The second-order valence-corrected chi connectivity index (χ2v) is 2.97. The largest absolute Gasteiger partial charge is 0.465 e. The second kappa shape index (κ2) is 3.42. The number of amides is 1. The van der Waals surface area contributed by atoms with Crippen LogP contribution in [0.1, 0.15) is 26.2 Å². The zero-order chi connectivity index (χ0) is 8.27. The van der Waals surface area contributed by atoms with Crippen LogP contribution in [0.4, 0.5) is 4.79 Å². The molecule has 1 amide bonds. The van der Waals surface area contributed by atoms with E-state index in [1.54, 1.807) is 0 Å². The van der Waals surface area contributed by atoms with Gasteiger partial charge in [-0.05, 0) is 26.2 Å². The van der Waals surface area contributed by atoms with Crippen LogP contribution in [0, 0.1) is 0 Å². The minimum atomic E-state index is -0.914. The molecule has 0 bridgehead atoms. The zero-order valence-corrected chi connectivity index (χ0v) is 6.63. The van der Waals surface area contributed by atoms with Gasteiger partial charge in [-0.2, -0.15) is 0 Å². The fraction of sp³-hybridized carbons (Fsp3) is 0.625. The monoisotopic (exact) mass is 155 g/mol. The van der Waals surface area contributed by atoms with E-state index >= 15 is 0 Å². The number of hydrogen-bond donors (Lipinski definition) is 2. The molecule has 0 aromatic heterocycles. The van der Waals surface area contributed by atoms with Gasteiger partial charge < -0.3 is 10.4 Å². The van der Waals surface area contributed by atoms with Crippen LogP contribution in [0.15, 0.2) is 11.6 Å². The van der Waals surface area contributed by atoms with Crippen LogP contribution in [-0.4, -0.2) is 17.2 Å². The Morgan fingerprint density at radius 2 is 2.55 bits per heavy atom. The first kappa shape index (κ1) is 8.11. The SMILES string of the molecule is CC1=CC[C@@H](NC(=O)O)CC1. The zero-order valence-electron chi connectivity index (χ0n) is 6.63. The van der Waals surface area contributed by atoms with E-state index in [4.69, 9.17) is 5.11 Å². The summed E-state index contributed by atoms with van der Waals surface area (Å²) < 4.78 is 0. The van der Waals surface area contributed by atoms with E-state index in [9.17, 15) is 4.79 Å². The molecule has 0 saturated heterocycles. The van der Waals surface area contributed by atoms with Crippen LogP contribution in [0.25, 0.3) is 0 Å². The van der Waals surface area contributed by atoms with Gasteiger partial charge in [0.1, 0.15) is 0 Å². The predicted molar refractivity (Wildman–Crippen MR) is 42.6 cm³/mol. The third kappa shape index (κ3) is 2.62. The molecule has 1 aliphatic carbocycles. The quantitative estimate of drug-likeness (QED) is 0.567. The Bertz CT molecular complexity index is 187. The Kier molecular flexibility index (Phi) is 2.52. The van der Waals surface area contributed by atoms with E-state index in [1.807, 2.05) is 0 Å². The van der Waals surface area contributed by atoms with Gasteiger partial charge in [-0.3, -0.25) is 0 Å². The average molecular weight is 155 g/mol. The Morgan fingerprint density at radius 3 is 3.00 bits per heavy atom. The summed E-state index contributed by atoms with van der Waals surface area (Å²) >= 11 is 0. The van der Waals surface area contributed by atoms with Crippen LogP contribution in [-0.2, 0) is 0 Å². The van der Waals surface area contributed by atoms with Gasteiger partial charge in [-0.15, -0.1) is 0 Å². The lowest BCUT2D eigenvalue weighted by molar-refractivity contribution is 0.189. The molecule has 0 fully saturated rings. The number of hydrogen-bond acceptors (Lipinski definition) is 1. The maximum atomic E-state index is 10.2. The minimum Gasteiger partial charge on any atom is -0.465 e. The molecule has 3 heteroatoms. The summed E-state index contributed by atoms with van der Waals surface area (Å²) in [5.41, 5.74) is 1.37. The number of nitrogens with one attached hydrogen (secondary N) is 1. The van der Waals surface area contributed by atoms with E-state index in [2.05, 4.69) is 18.3 Å². The number of carbonyl (C=O) groups is 1. The normalized spacial score (nSPS) is 24.1. The third-order valence-corrected chi connectivity index (χ3v) is 1.97. The molecule has 0 spiro atoms. The minimum absolute atomic E-state index is 0.135. The Morgan fingerprint density at radius 1 is 1.82 bits per heavy atom. The van der Waals surface area contributed by atoms with Gasteiger partial charge in [-0.1, -0.05) is 11.6 Å². The van der Waals surface area contributed by atoms with Crippen LogP contribution >= 0.6 is 0 Å². The Balaban J connectivity index is 2.35. The van der Waals surface area contributed by atoms with Crippen molar-refractivity contribution in [2.24, 2.45) is 0 Å². The van der Waals surface area contributed by atoms with Crippen LogP contribution in [0.3, 0.4) is 0 Å². The second-order valence-electron chi connectivity index (χ2n) is 2.97. The number of allylic oxidation sites excluding steroid dienone is 1. The molecule has 0 saturated carbocycles. The third-order valence-electron chi connectivity index (χ3n) is 1.97. The van der Waals surface area contributed by atoms with Crippen molar-refractivity contribution in [3.63, 3.8) is 0 Å². The molecule has 0 aliphatic heterocycles. The summed E-state index contributed by atoms with van der Waals surface area (Å²) in [6.45, 7) is 2.08. The summed E-state index contributed by atoms with van der Waals surface area (Å²) in [5.74, 6) is 0. The van der Waals surface area contributed by atoms with Gasteiger partial charge in [0.05, 0.1) is 0 Å². The van der Waals surface area contributed by atoms with Gasteiger partial charge in [-0.25, -0.2) is 4.79 Å². The van der Waals surface area contributed by atoms with Gasteiger partial charge in [0.2, 0.25) is 0 Å². The first-order chi connectivity index (χ1) is 5.18. The summed E-state index contributed by atoms with van der Waals surface area (Å²) in [4.78, 5) is 10.2. The molecule has 62 valence electrons. The van der Waals surface area contributed by atoms with Crippen LogP contribution < -0.4 is 5.32 Å². The van der Waals surface area contributed by atoms with E-state index in [0.717, 1.165) is 19.3 Å². The smallest absolute Gasteiger partial charge is 0.404 e. The van der Waals surface area contributed by atoms with E-state index < -0.39 is 6.09 Å². The molecule has 0 aromatic rings. The summed E-state index contributed by atoms with van der Waals surface area (Å²) in [6, 6.07) is 0.135. The highest BCUT2D eigenvalue weighted by atomic mass is 16.4. The summed E-state index contributed by atoms with van der Waals surface area (Å²) in [5, 5.41) is 10.9. The summed E-state index contributed by atoms with van der Waals surface area (Å²) in [6.07, 6.45) is 3.99. The molecule has 2 N–H and O–H groups in total. The standard InChI is InChI=1S/C8H13NO2/c1-6-2-4-7(5-3-6)9-8(10)11/h2,7,9H,3-5H2,1H3,(H,10,11)/t7-/m1/s1. The molecule has 0 heterocycles. The van der Waals surface area contributed by atoms with E-state index in [1.165, 1.54) is 5.57 Å². The van der Waals surface area contributed by atoms with Gasteiger partial charge >= 0.3 is 6.09 Å².